The molecule has 102 valence electrons. The van der Waals surface area contributed by atoms with Crippen molar-refractivity contribution in [3.8, 4) is 0 Å². The summed E-state index contributed by atoms with van der Waals surface area (Å²) in [5.41, 5.74) is 3.06. The molecule has 2 amide bonds. The Hall–Kier alpha value is -1.81. The van der Waals surface area contributed by atoms with Crippen molar-refractivity contribution in [2.45, 2.75) is 26.3 Å². The Labute approximate surface area is 113 Å². The van der Waals surface area contributed by atoms with Crippen LogP contribution in [-0.2, 0) is 0 Å². The summed E-state index contributed by atoms with van der Waals surface area (Å²) in [5, 5.41) is 14.8. The fraction of sp³-hybridized carbons (Fsp3) is 0.400. The standard InChI is InChI=1S/C15H20N2O2/c1-10-4-3-5-14(11(10)2)17-15(19)16-13-7-6-12(8-13)9-18/h3-7,12-13,18H,8-9H2,1-2H3,(H2,16,17,19)/t12-,13+/m0/s1. The number of aliphatic hydroxyl groups is 1. The third-order valence-corrected chi connectivity index (χ3v) is 3.58. The number of carbonyl (C=O) groups excluding carboxylic acids is 1. The molecule has 1 aliphatic rings. The number of carbonyl (C=O) groups is 1. The van der Waals surface area contributed by atoms with Crippen molar-refractivity contribution < 1.29 is 9.90 Å². The molecule has 0 radical (unpaired) electrons. The van der Waals surface area contributed by atoms with Crippen LogP contribution < -0.4 is 10.6 Å². The van der Waals surface area contributed by atoms with Gasteiger partial charge >= 0.3 is 6.03 Å². The van der Waals surface area contributed by atoms with E-state index in [4.69, 9.17) is 5.11 Å². The molecule has 19 heavy (non-hydrogen) atoms. The smallest absolute Gasteiger partial charge is 0.319 e. The molecule has 0 bridgehead atoms. The van der Waals surface area contributed by atoms with Crippen LogP contribution in [0.2, 0.25) is 0 Å². The molecule has 0 spiro atoms. The van der Waals surface area contributed by atoms with Crippen molar-refractivity contribution in [3.05, 3.63) is 41.5 Å². The predicted octanol–water partition coefficient (Wildman–Crippen LogP) is 2.36. The van der Waals surface area contributed by atoms with Crippen LogP contribution in [0, 0.1) is 19.8 Å². The van der Waals surface area contributed by atoms with E-state index in [1.54, 1.807) is 0 Å². The summed E-state index contributed by atoms with van der Waals surface area (Å²) in [4.78, 5) is 11.9. The minimum Gasteiger partial charge on any atom is -0.396 e. The average Bonchev–Trinajstić information content (AvgIpc) is 2.82. The number of hydrogen-bond acceptors (Lipinski definition) is 2. The van der Waals surface area contributed by atoms with E-state index in [0.717, 1.165) is 23.2 Å². The molecule has 0 aromatic heterocycles. The van der Waals surface area contributed by atoms with Gasteiger partial charge in [-0.3, -0.25) is 0 Å². The van der Waals surface area contributed by atoms with Gasteiger partial charge in [-0.2, -0.15) is 0 Å². The summed E-state index contributed by atoms with van der Waals surface area (Å²) in [6.45, 7) is 4.14. The third kappa shape index (κ3) is 3.35. The average molecular weight is 260 g/mol. The Morgan fingerprint density at radius 2 is 2.16 bits per heavy atom. The fourth-order valence-electron chi connectivity index (χ4n) is 2.23. The highest BCUT2D eigenvalue weighted by molar-refractivity contribution is 5.90. The number of rotatable bonds is 3. The maximum atomic E-state index is 11.9. The molecular formula is C15H20N2O2. The molecule has 0 heterocycles. The van der Waals surface area contributed by atoms with E-state index in [0.29, 0.717) is 0 Å². The number of hydrogen-bond donors (Lipinski definition) is 3. The summed E-state index contributed by atoms with van der Waals surface area (Å²) in [6.07, 6.45) is 4.64. The van der Waals surface area contributed by atoms with Gasteiger partial charge in [-0.15, -0.1) is 0 Å². The van der Waals surface area contributed by atoms with Crippen molar-refractivity contribution in [1.29, 1.82) is 0 Å². The molecule has 0 fully saturated rings. The molecule has 0 saturated heterocycles. The maximum Gasteiger partial charge on any atom is 0.319 e. The van der Waals surface area contributed by atoms with Crippen molar-refractivity contribution in [2.75, 3.05) is 11.9 Å². The van der Waals surface area contributed by atoms with Crippen LogP contribution in [0.25, 0.3) is 0 Å². The van der Waals surface area contributed by atoms with E-state index in [-0.39, 0.29) is 24.6 Å². The second-order valence-corrected chi connectivity index (χ2v) is 5.02. The fourth-order valence-corrected chi connectivity index (χ4v) is 2.23. The van der Waals surface area contributed by atoms with E-state index in [2.05, 4.69) is 10.6 Å². The van der Waals surface area contributed by atoms with E-state index in [1.165, 1.54) is 0 Å². The normalized spacial score (nSPS) is 21.4. The van der Waals surface area contributed by atoms with Crippen molar-refractivity contribution in [1.82, 2.24) is 5.32 Å². The van der Waals surface area contributed by atoms with E-state index >= 15 is 0 Å². The monoisotopic (exact) mass is 260 g/mol. The molecule has 4 heteroatoms. The Morgan fingerprint density at radius 1 is 1.37 bits per heavy atom. The molecule has 3 N–H and O–H groups in total. The quantitative estimate of drug-likeness (QED) is 0.731. The largest absolute Gasteiger partial charge is 0.396 e. The summed E-state index contributed by atoms with van der Waals surface area (Å²) in [5.74, 6) is 0.158. The second-order valence-electron chi connectivity index (χ2n) is 5.02. The van der Waals surface area contributed by atoms with Gasteiger partial charge in [0.1, 0.15) is 0 Å². The molecular weight excluding hydrogens is 240 g/mol. The van der Waals surface area contributed by atoms with Crippen LogP contribution in [0.3, 0.4) is 0 Å². The first-order valence-electron chi connectivity index (χ1n) is 6.53. The molecule has 2 rings (SSSR count). The van der Waals surface area contributed by atoms with Crippen LogP contribution in [0.5, 0.6) is 0 Å². The molecule has 0 unspecified atom stereocenters. The zero-order chi connectivity index (χ0) is 13.8. The molecule has 4 nitrogen and oxygen atoms in total. The minimum atomic E-state index is -0.207. The second kappa shape index (κ2) is 5.89. The Morgan fingerprint density at radius 3 is 2.84 bits per heavy atom. The number of anilines is 1. The summed E-state index contributed by atoms with van der Waals surface area (Å²) >= 11 is 0. The minimum absolute atomic E-state index is 0.00210. The SMILES string of the molecule is Cc1cccc(NC(=O)N[C@@H]2C=C[C@H](CO)C2)c1C. The number of benzene rings is 1. The third-order valence-electron chi connectivity index (χ3n) is 3.58. The zero-order valence-electron chi connectivity index (χ0n) is 11.3. The van der Waals surface area contributed by atoms with Gasteiger partial charge in [0.25, 0.3) is 0 Å². The molecule has 0 saturated carbocycles. The van der Waals surface area contributed by atoms with Crippen LogP contribution >= 0.6 is 0 Å². The zero-order valence-corrected chi connectivity index (χ0v) is 11.3. The first kappa shape index (κ1) is 13.6. The van der Waals surface area contributed by atoms with Crippen molar-refractivity contribution >= 4 is 11.7 Å². The van der Waals surface area contributed by atoms with Crippen LogP contribution in [0.15, 0.2) is 30.4 Å². The maximum absolute atomic E-state index is 11.9. The van der Waals surface area contributed by atoms with E-state index in [9.17, 15) is 4.79 Å². The van der Waals surface area contributed by atoms with Gasteiger partial charge in [-0.25, -0.2) is 4.79 Å². The summed E-state index contributed by atoms with van der Waals surface area (Å²) in [7, 11) is 0. The molecule has 0 aliphatic heterocycles. The number of amides is 2. The molecule has 1 aromatic rings. The van der Waals surface area contributed by atoms with Gasteiger partial charge in [-0.1, -0.05) is 24.3 Å². The summed E-state index contributed by atoms with van der Waals surface area (Å²) < 4.78 is 0. The van der Waals surface area contributed by atoms with Crippen molar-refractivity contribution in [2.24, 2.45) is 5.92 Å². The lowest BCUT2D eigenvalue weighted by Crippen LogP contribution is -2.36. The Bertz CT molecular complexity index is 497. The number of aliphatic hydroxyl groups excluding tert-OH is 1. The first-order chi connectivity index (χ1) is 9.10. The highest BCUT2D eigenvalue weighted by atomic mass is 16.3. The van der Waals surface area contributed by atoms with Gasteiger partial charge in [0.05, 0.1) is 0 Å². The first-order valence-corrected chi connectivity index (χ1v) is 6.53. The Balaban J connectivity index is 1.92. The Kier molecular flexibility index (Phi) is 4.22. The van der Waals surface area contributed by atoms with Gasteiger partial charge in [0, 0.05) is 24.3 Å². The van der Waals surface area contributed by atoms with Gasteiger partial charge in [0.15, 0.2) is 0 Å². The number of aryl methyl sites for hydroxylation is 1. The highest BCUT2D eigenvalue weighted by Gasteiger charge is 2.19. The molecule has 2 atom stereocenters. The number of urea groups is 1. The number of nitrogens with one attached hydrogen (secondary N) is 2. The highest BCUT2D eigenvalue weighted by Crippen LogP contribution is 2.19. The van der Waals surface area contributed by atoms with Gasteiger partial charge < -0.3 is 15.7 Å². The summed E-state index contributed by atoms with van der Waals surface area (Å²) in [6, 6.07) is 5.63. The lowest BCUT2D eigenvalue weighted by atomic mass is 10.1. The van der Waals surface area contributed by atoms with E-state index < -0.39 is 0 Å². The lowest BCUT2D eigenvalue weighted by Gasteiger charge is -2.15. The predicted molar refractivity (Wildman–Crippen MR) is 76.2 cm³/mol. The van der Waals surface area contributed by atoms with Crippen molar-refractivity contribution in [3.63, 3.8) is 0 Å². The van der Waals surface area contributed by atoms with Crippen LogP contribution in [-0.4, -0.2) is 23.8 Å². The van der Waals surface area contributed by atoms with Gasteiger partial charge in [-0.05, 0) is 37.5 Å². The van der Waals surface area contributed by atoms with Crippen LogP contribution in [0.4, 0.5) is 10.5 Å². The van der Waals surface area contributed by atoms with Crippen LogP contribution in [0.1, 0.15) is 17.5 Å². The lowest BCUT2D eigenvalue weighted by molar-refractivity contribution is 0.238. The van der Waals surface area contributed by atoms with E-state index in [1.807, 2.05) is 44.2 Å². The molecule has 1 aromatic carbocycles. The van der Waals surface area contributed by atoms with Gasteiger partial charge in [0.2, 0.25) is 0 Å². The molecule has 1 aliphatic carbocycles. The topological polar surface area (TPSA) is 61.4 Å².